The Hall–Kier alpha value is -2.55. The molecular weight excluding hydrogens is 300 g/mol. The highest BCUT2D eigenvalue weighted by molar-refractivity contribution is 6.07. The van der Waals surface area contributed by atoms with Crippen LogP contribution in [0.3, 0.4) is 0 Å². The zero-order valence-corrected chi connectivity index (χ0v) is 13.9. The molecule has 1 fully saturated rings. The molecular formula is C21H22O3. The molecule has 0 bridgehead atoms. The van der Waals surface area contributed by atoms with Gasteiger partial charge in [0.2, 0.25) is 0 Å². The van der Waals surface area contributed by atoms with Crippen LogP contribution < -0.4 is 9.47 Å². The smallest absolute Gasteiger partial charge is 0.185 e. The lowest BCUT2D eigenvalue weighted by Gasteiger charge is -2.16. The maximum atomic E-state index is 12.4. The van der Waals surface area contributed by atoms with Gasteiger partial charge in [0.15, 0.2) is 17.3 Å². The second-order valence-electron chi connectivity index (χ2n) is 6.00. The number of allylic oxidation sites excluding steroid dienone is 1. The topological polar surface area (TPSA) is 35.5 Å². The minimum absolute atomic E-state index is 0.0437. The molecule has 0 radical (unpaired) electrons. The van der Waals surface area contributed by atoms with Crippen LogP contribution in [0, 0.1) is 0 Å². The molecule has 0 aromatic heterocycles. The lowest BCUT2D eigenvalue weighted by atomic mass is 10.1. The van der Waals surface area contributed by atoms with E-state index < -0.39 is 0 Å². The van der Waals surface area contributed by atoms with E-state index in [4.69, 9.17) is 9.47 Å². The summed E-state index contributed by atoms with van der Waals surface area (Å²) < 4.78 is 11.4. The lowest BCUT2D eigenvalue weighted by Crippen LogP contribution is -2.12. The summed E-state index contributed by atoms with van der Waals surface area (Å²) in [4.78, 5) is 12.4. The Balaban J connectivity index is 1.77. The van der Waals surface area contributed by atoms with Crippen LogP contribution in [0.5, 0.6) is 11.5 Å². The van der Waals surface area contributed by atoms with E-state index in [-0.39, 0.29) is 11.9 Å². The van der Waals surface area contributed by atoms with Crippen molar-refractivity contribution in [3.8, 4) is 11.5 Å². The van der Waals surface area contributed by atoms with Gasteiger partial charge in [-0.3, -0.25) is 4.79 Å². The molecule has 3 heteroatoms. The quantitative estimate of drug-likeness (QED) is 0.560. The van der Waals surface area contributed by atoms with E-state index in [0.29, 0.717) is 17.1 Å². The van der Waals surface area contributed by atoms with Gasteiger partial charge in [0, 0.05) is 5.56 Å². The van der Waals surface area contributed by atoms with Gasteiger partial charge in [-0.2, -0.15) is 0 Å². The van der Waals surface area contributed by atoms with Crippen LogP contribution in [-0.2, 0) is 0 Å². The van der Waals surface area contributed by atoms with Crippen LogP contribution >= 0.6 is 0 Å². The molecule has 1 aliphatic carbocycles. The Bertz CT molecular complexity index is 713. The van der Waals surface area contributed by atoms with Crippen LogP contribution in [0.2, 0.25) is 0 Å². The first-order valence-corrected chi connectivity index (χ1v) is 8.38. The fraction of sp³-hybridized carbons (Fsp3) is 0.286. The zero-order chi connectivity index (χ0) is 16.8. The van der Waals surface area contributed by atoms with Gasteiger partial charge >= 0.3 is 0 Å². The minimum atomic E-state index is -0.0437. The van der Waals surface area contributed by atoms with Gasteiger partial charge in [0.25, 0.3) is 0 Å². The first kappa shape index (κ1) is 16.3. The van der Waals surface area contributed by atoms with Crippen molar-refractivity contribution in [1.29, 1.82) is 0 Å². The highest BCUT2D eigenvalue weighted by atomic mass is 16.5. The summed E-state index contributed by atoms with van der Waals surface area (Å²) in [6.07, 6.45) is 8.17. The molecule has 2 aromatic rings. The highest BCUT2D eigenvalue weighted by Crippen LogP contribution is 2.32. The normalized spacial score (nSPS) is 14.9. The maximum Gasteiger partial charge on any atom is 0.185 e. The Labute approximate surface area is 142 Å². The van der Waals surface area contributed by atoms with Crippen LogP contribution in [0.1, 0.15) is 41.6 Å². The monoisotopic (exact) mass is 322 g/mol. The Morgan fingerprint density at radius 2 is 1.79 bits per heavy atom. The number of carbonyl (C=O) groups excluding carboxylic acids is 1. The molecule has 2 aromatic carbocycles. The molecule has 0 unspecified atom stereocenters. The molecule has 0 atom stereocenters. The zero-order valence-electron chi connectivity index (χ0n) is 13.9. The summed E-state index contributed by atoms with van der Waals surface area (Å²) in [6.45, 7) is 0. The maximum absolute atomic E-state index is 12.4. The molecule has 124 valence electrons. The molecule has 24 heavy (non-hydrogen) atoms. The van der Waals surface area contributed by atoms with Crippen LogP contribution in [-0.4, -0.2) is 19.0 Å². The van der Waals surface area contributed by atoms with Crippen molar-refractivity contribution >= 4 is 11.9 Å². The van der Waals surface area contributed by atoms with Gasteiger partial charge in [-0.15, -0.1) is 0 Å². The molecule has 0 aliphatic heterocycles. The number of benzene rings is 2. The number of carbonyl (C=O) groups is 1. The summed E-state index contributed by atoms with van der Waals surface area (Å²) in [5, 5.41) is 0. The van der Waals surface area contributed by atoms with E-state index >= 15 is 0 Å². The number of ketones is 1. The summed E-state index contributed by atoms with van der Waals surface area (Å²) in [7, 11) is 1.62. The predicted octanol–water partition coefficient (Wildman–Crippen LogP) is 4.91. The third-order valence-corrected chi connectivity index (χ3v) is 4.27. The van der Waals surface area contributed by atoms with Gasteiger partial charge < -0.3 is 9.47 Å². The molecule has 1 aliphatic rings. The van der Waals surface area contributed by atoms with Crippen molar-refractivity contribution in [2.24, 2.45) is 0 Å². The van der Waals surface area contributed by atoms with Crippen LogP contribution in [0.25, 0.3) is 6.08 Å². The first-order valence-electron chi connectivity index (χ1n) is 8.38. The Kier molecular flexibility index (Phi) is 5.32. The number of hydrogen-bond acceptors (Lipinski definition) is 3. The second-order valence-corrected chi connectivity index (χ2v) is 6.00. The van der Waals surface area contributed by atoms with Crippen molar-refractivity contribution in [2.75, 3.05) is 7.11 Å². The summed E-state index contributed by atoms with van der Waals surface area (Å²) in [5.74, 6) is 1.28. The van der Waals surface area contributed by atoms with E-state index in [2.05, 4.69) is 0 Å². The van der Waals surface area contributed by atoms with Gasteiger partial charge in [-0.05, 0) is 55.5 Å². The number of ether oxygens (including phenoxy) is 2. The predicted molar refractivity (Wildman–Crippen MR) is 95.7 cm³/mol. The summed E-state index contributed by atoms with van der Waals surface area (Å²) in [5.41, 5.74) is 1.61. The SMILES string of the molecule is COc1ccc(C(=O)C=Cc2ccccc2)cc1OC1CCCC1. The minimum Gasteiger partial charge on any atom is -0.493 e. The molecule has 3 nitrogen and oxygen atoms in total. The van der Waals surface area contributed by atoms with E-state index in [9.17, 15) is 4.79 Å². The molecule has 0 N–H and O–H groups in total. The third kappa shape index (κ3) is 4.05. The molecule has 0 amide bonds. The number of methoxy groups -OCH3 is 1. The second kappa shape index (κ2) is 7.82. The molecule has 1 saturated carbocycles. The first-order chi connectivity index (χ1) is 11.8. The van der Waals surface area contributed by atoms with Crippen molar-refractivity contribution in [1.82, 2.24) is 0 Å². The molecule has 0 heterocycles. The van der Waals surface area contributed by atoms with Crippen molar-refractivity contribution < 1.29 is 14.3 Å². The van der Waals surface area contributed by atoms with Gasteiger partial charge in [-0.25, -0.2) is 0 Å². The molecule has 0 spiro atoms. The Morgan fingerprint density at radius 1 is 1.04 bits per heavy atom. The standard InChI is InChI=1S/C21H22O3/c1-23-20-14-12-17(15-21(20)24-18-9-5-6-10-18)19(22)13-11-16-7-3-2-4-8-16/h2-4,7-8,11-15,18H,5-6,9-10H2,1H3. The van der Waals surface area contributed by atoms with Gasteiger partial charge in [0.05, 0.1) is 13.2 Å². The van der Waals surface area contributed by atoms with Crippen molar-refractivity contribution in [3.05, 3.63) is 65.7 Å². The fourth-order valence-corrected chi connectivity index (χ4v) is 2.94. The molecule has 0 saturated heterocycles. The van der Waals surface area contributed by atoms with E-state index in [1.807, 2.05) is 36.4 Å². The third-order valence-electron chi connectivity index (χ3n) is 4.27. The van der Waals surface area contributed by atoms with E-state index in [1.54, 1.807) is 31.4 Å². The average molecular weight is 322 g/mol. The van der Waals surface area contributed by atoms with Gasteiger partial charge in [0.1, 0.15) is 0 Å². The van der Waals surface area contributed by atoms with Crippen LogP contribution in [0.4, 0.5) is 0 Å². The summed E-state index contributed by atoms with van der Waals surface area (Å²) >= 11 is 0. The van der Waals surface area contributed by atoms with Gasteiger partial charge in [-0.1, -0.05) is 36.4 Å². The van der Waals surface area contributed by atoms with Crippen LogP contribution in [0.15, 0.2) is 54.6 Å². The average Bonchev–Trinajstić information content (AvgIpc) is 3.13. The van der Waals surface area contributed by atoms with E-state index in [0.717, 1.165) is 18.4 Å². The van der Waals surface area contributed by atoms with E-state index in [1.165, 1.54) is 12.8 Å². The van der Waals surface area contributed by atoms with Crippen molar-refractivity contribution in [2.45, 2.75) is 31.8 Å². The number of rotatable bonds is 6. The highest BCUT2D eigenvalue weighted by Gasteiger charge is 2.19. The fourth-order valence-electron chi connectivity index (χ4n) is 2.94. The lowest BCUT2D eigenvalue weighted by molar-refractivity contribution is 0.104. The largest absolute Gasteiger partial charge is 0.493 e. The summed E-state index contributed by atoms with van der Waals surface area (Å²) in [6, 6.07) is 15.1. The van der Waals surface area contributed by atoms with Crippen molar-refractivity contribution in [3.63, 3.8) is 0 Å². The Morgan fingerprint density at radius 3 is 2.50 bits per heavy atom. The molecule has 3 rings (SSSR count). The number of hydrogen-bond donors (Lipinski definition) is 0.